The van der Waals surface area contributed by atoms with Gasteiger partial charge in [-0.05, 0) is 31.5 Å². The van der Waals surface area contributed by atoms with E-state index in [9.17, 15) is 14.5 Å². The van der Waals surface area contributed by atoms with Gasteiger partial charge in [-0.15, -0.1) is 0 Å². The van der Waals surface area contributed by atoms with Crippen molar-refractivity contribution in [1.82, 2.24) is 19.5 Å². The van der Waals surface area contributed by atoms with Gasteiger partial charge < -0.3 is 24.9 Å². The Labute approximate surface area is 221 Å². The second-order valence-electron chi connectivity index (χ2n) is 9.17. The second-order valence-corrected chi connectivity index (χ2v) is 10.8. The van der Waals surface area contributed by atoms with Gasteiger partial charge in [-0.25, -0.2) is 24.3 Å². The molecule has 6 rings (SSSR count). The maximum absolute atomic E-state index is 13.4. The molecule has 2 saturated heterocycles. The summed E-state index contributed by atoms with van der Waals surface area (Å²) in [6, 6.07) is 6.81. The first-order valence-corrected chi connectivity index (χ1v) is 13.9. The van der Waals surface area contributed by atoms with E-state index in [-0.39, 0.29) is 19.0 Å². The van der Waals surface area contributed by atoms with Crippen LogP contribution in [0.1, 0.15) is 25.6 Å². The van der Waals surface area contributed by atoms with Crippen molar-refractivity contribution in [3.8, 4) is 0 Å². The van der Waals surface area contributed by atoms with Crippen LogP contribution in [0.3, 0.4) is 0 Å². The van der Waals surface area contributed by atoms with Gasteiger partial charge in [-0.2, -0.15) is 0 Å². The molecule has 2 aliphatic heterocycles. The van der Waals surface area contributed by atoms with E-state index in [1.165, 1.54) is 23.3 Å². The molecule has 3 aromatic heterocycles. The molecule has 0 radical (unpaired) electrons. The van der Waals surface area contributed by atoms with Crippen LogP contribution in [-0.2, 0) is 29.5 Å². The Bertz CT molecular complexity index is 1640. The van der Waals surface area contributed by atoms with Crippen LogP contribution < -0.4 is 16.3 Å². The van der Waals surface area contributed by atoms with E-state index < -0.39 is 38.0 Å². The molecule has 14 nitrogen and oxygen atoms in total. The van der Waals surface area contributed by atoms with Gasteiger partial charge in [0.05, 0.1) is 19.5 Å². The molecule has 15 heteroatoms. The molecule has 0 aliphatic carbocycles. The van der Waals surface area contributed by atoms with Crippen molar-refractivity contribution in [2.24, 2.45) is 0 Å². The number of ether oxygens (including phenoxy) is 1. The average molecular weight is 558 g/mol. The highest BCUT2D eigenvalue weighted by Crippen LogP contribution is 2.57. The fourth-order valence-electron chi connectivity index (χ4n) is 4.95. The zero-order chi connectivity index (χ0) is 27.3. The van der Waals surface area contributed by atoms with Crippen molar-refractivity contribution < 1.29 is 32.4 Å². The fraction of sp³-hybridized carbons (Fsp3) is 0.417. The smallest absolute Gasteiger partial charge is 0.423 e. The highest BCUT2D eigenvalue weighted by molar-refractivity contribution is 7.48. The maximum atomic E-state index is 13.4. The van der Waals surface area contributed by atoms with Gasteiger partial charge in [0.2, 0.25) is 0 Å². The summed E-state index contributed by atoms with van der Waals surface area (Å²) in [5, 5.41) is 11.7. The molecular weight excluding hydrogens is 531 g/mol. The maximum Gasteiger partial charge on any atom is 0.475 e. The summed E-state index contributed by atoms with van der Waals surface area (Å²) in [5.41, 5.74) is 7.77. The van der Waals surface area contributed by atoms with Gasteiger partial charge in [0.25, 0.3) is 0 Å². The first kappa shape index (κ1) is 25.9. The second kappa shape index (κ2) is 9.97. The van der Waals surface area contributed by atoms with E-state index in [2.05, 4.69) is 19.9 Å². The van der Waals surface area contributed by atoms with E-state index in [0.29, 0.717) is 27.7 Å². The first-order valence-electron chi connectivity index (χ1n) is 12.5. The molecule has 0 saturated carbocycles. The summed E-state index contributed by atoms with van der Waals surface area (Å²) >= 11 is 0. The number of nitrogens with zero attached hydrogens (tertiary/aromatic N) is 5. The van der Waals surface area contributed by atoms with Crippen LogP contribution in [0.15, 0.2) is 46.1 Å². The number of imidazole rings is 1. The lowest BCUT2D eigenvalue weighted by Crippen LogP contribution is -2.39. The van der Waals surface area contributed by atoms with Crippen molar-refractivity contribution >= 4 is 41.5 Å². The monoisotopic (exact) mass is 558 g/mol. The number of anilines is 2. The molecule has 1 aromatic carbocycles. The van der Waals surface area contributed by atoms with Gasteiger partial charge in [0, 0.05) is 36.3 Å². The fourth-order valence-corrected chi connectivity index (χ4v) is 6.34. The standard InChI is InChI=1S/C24H27N6O8P/c1-3-29(4-2)14-5-6-15-13(7-18(31)36-16(15)8-14)9-34-39(33)35-10-17-21(38-39)20(32)24(37-17)30-12-28-19-22(25)26-11-27-23(19)30/h5-8,11-12,17,20-21,24,32H,3-4,9-10H2,1-2H3,(H2,25,26,27)/t17-,20-,21-,24-,39+/m1/s1. The summed E-state index contributed by atoms with van der Waals surface area (Å²) in [6.45, 7) is 5.27. The number of nitrogens with two attached hydrogens (primary N) is 1. The van der Waals surface area contributed by atoms with Crippen LogP contribution in [0.5, 0.6) is 0 Å². The Balaban J connectivity index is 1.20. The third-order valence-electron chi connectivity index (χ3n) is 6.94. The topological polar surface area (TPSA) is 177 Å². The Hall–Kier alpha value is -3.39. The highest BCUT2D eigenvalue weighted by Gasteiger charge is 2.53. The Morgan fingerprint density at radius 3 is 2.85 bits per heavy atom. The van der Waals surface area contributed by atoms with Crippen molar-refractivity contribution in [3.05, 3.63) is 52.9 Å². The van der Waals surface area contributed by atoms with Gasteiger partial charge >= 0.3 is 13.4 Å². The van der Waals surface area contributed by atoms with Crippen LogP contribution in [-0.4, -0.2) is 62.6 Å². The lowest BCUT2D eigenvalue weighted by molar-refractivity contribution is -0.0714. The van der Waals surface area contributed by atoms with Crippen LogP contribution in [0.2, 0.25) is 0 Å². The number of aliphatic hydroxyl groups is 1. The van der Waals surface area contributed by atoms with E-state index in [0.717, 1.165) is 18.8 Å². The summed E-state index contributed by atoms with van der Waals surface area (Å²) in [5.74, 6) is 0.188. The number of hydrogen-bond donors (Lipinski definition) is 2. The Kier molecular flexibility index (Phi) is 6.61. The molecule has 3 N–H and O–H groups in total. The normalized spacial score (nSPS) is 26.7. The van der Waals surface area contributed by atoms with Crippen molar-refractivity contribution in [2.45, 2.75) is 45.0 Å². The van der Waals surface area contributed by atoms with E-state index in [1.54, 1.807) is 6.07 Å². The summed E-state index contributed by atoms with van der Waals surface area (Å²) in [4.78, 5) is 26.7. The molecule has 0 amide bonds. The summed E-state index contributed by atoms with van der Waals surface area (Å²) in [7, 11) is -4.12. The number of rotatable bonds is 7. The number of phosphoric acid groups is 1. The minimum Gasteiger partial charge on any atom is -0.423 e. The zero-order valence-electron chi connectivity index (χ0n) is 21.2. The Morgan fingerprint density at radius 2 is 2.05 bits per heavy atom. The van der Waals surface area contributed by atoms with Gasteiger partial charge in [-0.1, -0.05) is 0 Å². The van der Waals surface area contributed by atoms with Gasteiger partial charge in [-0.3, -0.25) is 18.1 Å². The quantitative estimate of drug-likeness (QED) is 0.250. The average Bonchev–Trinajstić information content (AvgIpc) is 3.49. The molecule has 0 bridgehead atoms. The number of fused-ring (bicyclic) bond motifs is 3. The minimum absolute atomic E-state index is 0.149. The minimum atomic E-state index is -4.12. The predicted molar refractivity (Wildman–Crippen MR) is 139 cm³/mol. The number of benzene rings is 1. The first-order chi connectivity index (χ1) is 18.8. The van der Waals surface area contributed by atoms with Crippen LogP contribution in [0.25, 0.3) is 22.1 Å². The third kappa shape index (κ3) is 4.58. The van der Waals surface area contributed by atoms with E-state index in [4.69, 9.17) is 28.5 Å². The molecule has 5 heterocycles. The number of aromatic nitrogens is 4. The molecular formula is C24H27N6O8P. The SMILES string of the molecule is CCN(CC)c1ccc2c(CO[P@@]3(=O)OC[C@H]4O[C@@H](n5cnc6c(N)ncnc65)[C@H](O)[C@@H]4O3)cc(=O)oc2c1. The molecule has 0 spiro atoms. The highest BCUT2D eigenvalue weighted by atomic mass is 31.2. The summed E-state index contributed by atoms with van der Waals surface area (Å²) < 4.78 is 42.9. The Morgan fingerprint density at radius 1 is 1.23 bits per heavy atom. The van der Waals surface area contributed by atoms with Crippen molar-refractivity contribution in [3.63, 3.8) is 0 Å². The number of nitrogen functional groups attached to an aromatic ring is 1. The van der Waals surface area contributed by atoms with Gasteiger partial charge in [0.1, 0.15) is 35.7 Å². The lowest BCUT2D eigenvalue weighted by atomic mass is 10.1. The van der Waals surface area contributed by atoms with Crippen molar-refractivity contribution in [1.29, 1.82) is 0 Å². The molecule has 5 atom stereocenters. The van der Waals surface area contributed by atoms with E-state index in [1.807, 2.05) is 26.0 Å². The number of aliphatic hydroxyl groups excluding tert-OH is 1. The molecule has 2 aliphatic rings. The molecule has 0 unspecified atom stereocenters. The van der Waals surface area contributed by atoms with Gasteiger partial charge in [0.15, 0.2) is 17.7 Å². The van der Waals surface area contributed by atoms with Crippen LogP contribution in [0.4, 0.5) is 11.5 Å². The molecule has 4 aromatic rings. The van der Waals surface area contributed by atoms with E-state index >= 15 is 0 Å². The van der Waals surface area contributed by atoms with Crippen molar-refractivity contribution in [2.75, 3.05) is 30.3 Å². The third-order valence-corrected chi connectivity index (χ3v) is 8.35. The molecule has 39 heavy (non-hydrogen) atoms. The molecule has 2 fully saturated rings. The number of phosphoric ester groups is 1. The number of hydrogen-bond acceptors (Lipinski definition) is 13. The predicted octanol–water partition coefficient (Wildman–Crippen LogP) is 2.36. The zero-order valence-corrected chi connectivity index (χ0v) is 22.1. The van der Waals surface area contributed by atoms with Crippen LogP contribution >= 0.6 is 7.82 Å². The lowest BCUT2D eigenvalue weighted by Gasteiger charge is -2.30. The summed E-state index contributed by atoms with van der Waals surface area (Å²) in [6.07, 6.45) is -1.22. The molecule has 206 valence electrons. The van der Waals surface area contributed by atoms with Crippen LogP contribution in [0, 0.1) is 0 Å². The largest absolute Gasteiger partial charge is 0.475 e.